The van der Waals surface area contributed by atoms with Gasteiger partial charge in [-0.2, -0.15) is 4.31 Å². The normalized spacial score (nSPS) is 16.1. The molecule has 0 aromatic carbocycles. The highest BCUT2D eigenvalue weighted by molar-refractivity contribution is 7.89. The van der Waals surface area contributed by atoms with Crippen LogP contribution in [0.1, 0.15) is 50.0 Å². The zero-order chi connectivity index (χ0) is 15.6. The summed E-state index contributed by atoms with van der Waals surface area (Å²) in [5.41, 5.74) is 0.866. The Bertz CT molecular complexity index is 572. The molecular weight excluding hydrogens is 304 g/mol. The molecule has 1 aromatic rings. The molecule has 0 aliphatic heterocycles. The monoisotopic (exact) mass is 330 g/mol. The fourth-order valence-corrected chi connectivity index (χ4v) is 5.83. The Morgan fingerprint density at radius 1 is 1.38 bits per heavy atom. The van der Waals surface area contributed by atoms with E-state index in [-0.39, 0.29) is 6.04 Å². The molecule has 0 unspecified atom stereocenters. The van der Waals surface area contributed by atoms with E-state index >= 15 is 0 Å². The fourth-order valence-electron chi connectivity index (χ4n) is 2.62. The minimum Gasteiger partial charge on any atom is -0.309 e. The van der Waals surface area contributed by atoms with Crippen molar-refractivity contribution in [2.24, 2.45) is 0 Å². The van der Waals surface area contributed by atoms with Gasteiger partial charge >= 0.3 is 0 Å². The number of thiophene rings is 1. The second-order valence-electron chi connectivity index (χ2n) is 5.82. The molecule has 0 atom stereocenters. The maximum Gasteiger partial charge on any atom is 0.244 e. The quantitative estimate of drug-likeness (QED) is 0.797. The molecule has 6 heteroatoms. The van der Waals surface area contributed by atoms with Gasteiger partial charge in [-0.15, -0.1) is 11.3 Å². The number of nitrogens with one attached hydrogen (secondary N) is 1. The highest BCUT2D eigenvalue weighted by Crippen LogP contribution is 2.31. The largest absolute Gasteiger partial charge is 0.309 e. The van der Waals surface area contributed by atoms with Crippen molar-refractivity contribution in [3.8, 4) is 0 Å². The van der Waals surface area contributed by atoms with Gasteiger partial charge in [0, 0.05) is 30.6 Å². The van der Waals surface area contributed by atoms with E-state index < -0.39 is 10.0 Å². The van der Waals surface area contributed by atoms with Gasteiger partial charge < -0.3 is 5.32 Å². The van der Waals surface area contributed by atoms with E-state index in [1.165, 1.54) is 12.8 Å². The van der Waals surface area contributed by atoms with Crippen LogP contribution in [0.25, 0.3) is 0 Å². The first-order valence-corrected chi connectivity index (χ1v) is 10.0. The first-order chi connectivity index (χ1) is 9.91. The molecule has 4 nitrogen and oxygen atoms in total. The number of sulfonamides is 1. The Balaban J connectivity index is 2.27. The van der Waals surface area contributed by atoms with Gasteiger partial charge in [0.15, 0.2) is 0 Å². The van der Waals surface area contributed by atoms with Crippen LogP contribution < -0.4 is 5.32 Å². The maximum atomic E-state index is 13.0. The smallest absolute Gasteiger partial charge is 0.244 e. The van der Waals surface area contributed by atoms with Crippen LogP contribution in [0.2, 0.25) is 0 Å². The fraction of sp³-hybridized carbons (Fsp3) is 0.733. The second-order valence-corrected chi connectivity index (χ2v) is 8.72. The first-order valence-electron chi connectivity index (χ1n) is 7.70. The Labute approximate surface area is 132 Å². The van der Waals surface area contributed by atoms with Gasteiger partial charge in [-0.05, 0) is 43.6 Å². The van der Waals surface area contributed by atoms with Crippen molar-refractivity contribution >= 4 is 21.4 Å². The summed E-state index contributed by atoms with van der Waals surface area (Å²) in [5, 5.41) is 5.38. The molecule has 120 valence electrons. The molecular formula is C15H26N2O2S2. The van der Waals surface area contributed by atoms with Crippen molar-refractivity contribution in [1.82, 2.24) is 9.62 Å². The van der Waals surface area contributed by atoms with Crippen LogP contribution in [0.15, 0.2) is 10.3 Å². The van der Waals surface area contributed by atoms with Gasteiger partial charge in [0.05, 0.1) is 0 Å². The molecule has 1 aliphatic rings. The average molecular weight is 331 g/mol. The minimum atomic E-state index is -3.40. The van der Waals surface area contributed by atoms with Crippen LogP contribution in [-0.2, 0) is 16.6 Å². The third kappa shape index (κ3) is 3.67. The lowest BCUT2D eigenvalue weighted by molar-refractivity contribution is 0.349. The predicted octanol–water partition coefficient (Wildman–Crippen LogP) is 3.12. The summed E-state index contributed by atoms with van der Waals surface area (Å²) in [7, 11) is -1.69. The molecule has 1 saturated carbocycles. The minimum absolute atomic E-state index is 0.0681. The molecule has 1 heterocycles. The van der Waals surface area contributed by atoms with Crippen LogP contribution in [0.3, 0.4) is 0 Å². The summed E-state index contributed by atoms with van der Waals surface area (Å²) in [6.45, 7) is 6.63. The molecule has 1 fully saturated rings. The number of aryl methyl sites for hydroxylation is 1. The summed E-state index contributed by atoms with van der Waals surface area (Å²) in [6.07, 6.45) is 4.09. The van der Waals surface area contributed by atoms with Crippen LogP contribution in [0, 0.1) is 6.92 Å². The molecule has 0 amide bonds. The number of hydrogen-bond acceptors (Lipinski definition) is 4. The van der Waals surface area contributed by atoms with Crippen LogP contribution in [0.5, 0.6) is 0 Å². The van der Waals surface area contributed by atoms with Gasteiger partial charge in [0.1, 0.15) is 4.90 Å². The van der Waals surface area contributed by atoms with Crippen molar-refractivity contribution in [1.29, 1.82) is 0 Å². The maximum absolute atomic E-state index is 13.0. The Morgan fingerprint density at radius 3 is 2.52 bits per heavy atom. The van der Waals surface area contributed by atoms with Gasteiger partial charge in [0.25, 0.3) is 0 Å². The summed E-state index contributed by atoms with van der Waals surface area (Å²) < 4.78 is 27.5. The molecule has 1 aromatic heterocycles. The van der Waals surface area contributed by atoms with Crippen molar-refractivity contribution < 1.29 is 8.42 Å². The van der Waals surface area contributed by atoms with Gasteiger partial charge in [-0.1, -0.05) is 13.8 Å². The molecule has 0 bridgehead atoms. The van der Waals surface area contributed by atoms with Crippen LogP contribution in [0.4, 0.5) is 0 Å². The Hall–Kier alpha value is -0.430. The SMILES string of the molecule is CCC(CC)N(C)S(=O)(=O)c1c(C)csc1CNC1CC1. The third-order valence-electron chi connectivity index (χ3n) is 4.21. The number of hydrogen-bond donors (Lipinski definition) is 1. The highest BCUT2D eigenvalue weighted by Gasteiger charge is 2.31. The van der Waals surface area contributed by atoms with Crippen molar-refractivity contribution in [2.75, 3.05) is 7.05 Å². The third-order valence-corrected chi connectivity index (χ3v) is 7.59. The van der Waals surface area contributed by atoms with Gasteiger partial charge in [-0.3, -0.25) is 0 Å². The van der Waals surface area contributed by atoms with Crippen molar-refractivity contribution in [2.45, 2.75) is 70.0 Å². The van der Waals surface area contributed by atoms with E-state index in [0.717, 1.165) is 23.3 Å². The second kappa shape index (κ2) is 6.77. The molecule has 2 rings (SSSR count). The van der Waals surface area contributed by atoms with Crippen LogP contribution in [-0.4, -0.2) is 31.9 Å². The summed E-state index contributed by atoms with van der Waals surface area (Å²) >= 11 is 1.55. The number of nitrogens with zero attached hydrogens (tertiary/aromatic N) is 1. The van der Waals surface area contributed by atoms with E-state index in [0.29, 0.717) is 17.5 Å². The van der Waals surface area contributed by atoms with Crippen molar-refractivity contribution in [3.63, 3.8) is 0 Å². The molecule has 0 saturated heterocycles. The zero-order valence-electron chi connectivity index (χ0n) is 13.3. The van der Waals surface area contributed by atoms with Gasteiger partial charge in [-0.25, -0.2) is 8.42 Å². The summed E-state index contributed by atoms with van der Waals surface area (Å²) in [6, 6.07) is 0.651. The summed E-state index contributed by atoms with van der Waals surface area (Å²) in [5.74, 6) is 0. The predicted molar refractivity (Wildman–Crippen MR) is 88.2 cm³/mol. The molecule has 0 radical (unpaired) electrons. The first kappa shape index (κ1) is 16.9. The topological polar surface area (TPSA) is 49.4 Å². The zero-order valence-corrected chi connectivity index (χ0v) is 15.0. The lowest BCUT2D eigenvalue weighted by Crippen LogP contribution is -2.37. The molecule has 1 aliphatic carbocycles. The van der Waals surface area contributed by atoms with Gasteiger partial charge in [0.2, 0.25) is 10.0 Å². The highest BCUT2D eigenvalue weighted by atomic mass is 32.2. The molecule has 21 heavy (non-hydrogen) atoms. The van der Waals surface area contributed by atoms with E-state index in [4.69, 9.17) is 0 Å². The standard InChI is InChI=1S/C15H26N2O2S2/c1-5-13(6-2)17(4)21(18,19)15-11(3)10-20-14(15)9-16-12-7-8-12/h10,12-13,16H,5-9H2,1-4H3. The van der Waals surface area contributed by atoms with Crippen LogP contribution >= 0.6 is 11.3 Å². The Kier molecular flexibility index (Phi) is 5.46. The average Bonchev–Trinajstić information content (AvgIpc) is 3.20. The summed E-state index contributed by atoms with van der Waals surface area (Å²) in [4.78, 5) is 1.47. The number of rotatable bonds is 8. The molecule has 1 N–H and O–H groups in total. The van der Waals surface area contributed by atoms with E-state index in [2.05, 4.69) is 5.32 Å². The Morgan fingerprint density at radius 2 is 2.00 bits per heavy atom. The van der Waals surface area contributed by atoms with E-state index in [9.17, 15) is 8.42 Å². The van der Waals surface area contributed by atoms with E-state index in [1.807, 2.05) is 26.2 Å². The lowest BCUT2D eigenvalue weighted by atomic mass is 10.2. The molecule has 0 spiro atoms. The lowest BCUT2D eigenvalue weighted by Gasteiger charge is -2.26. The van der Waals surface area contributed by atoms with E-state index in [1.54, 1.807) is 22.7 Å². The van der Waals surface area contributed by atoms with Crippen molar-refractivity contribution in [3.05, 3.63) is 15.8 Å².